The van der Waals surface area contributed by atoms with E-state index in [0.717, 1.165) is 18.2 Å². The molecule has 0 bridgehead atoms. The van der Waals surface area contributed by atoms with Crippen molar-refractivity contribution in [2.24, 2.45) is 0 Å². The van der Waals surface area contributed by atoms with Crippen LogP contribution in [0.4, 0.5) is 17.1 Å². The van der Waals surface area contributed by atoms with Gasteiger partial charge in [-0.1, -0.05) is 11.6 Å². The van der Waals surface area contributed by atoms with Gasteiger partial charge in [0, 0.05) is 6.07 Å². The minimum absolute atomic E-state index is 0.0578. The molecule has 0 radical (unpaired) electrons. The SMILES string of the molecule is O=[N+]([O-])c1cc([N+](=O)[O-])c2nn(-c3ccc(Cl)c([N+](=O)[O-])c3)[n+]([O-])c2c1. The normalized spacial score (nSPS) is 10.8. The molecule has 0 N–H and O–H groups in total. The number of rotatable bonds is 4. The number of hydrogen-bond acceptors (Lipinski definition) is 8. The number of nitro groups is 3. The third-order valence-electron chi connectivity index (χ3n) is 3.39. The number of benzene rings is 2. The smallest absolute Gasteiger partial charge is 0.334 e. The first-order valence-corrected chi connectivity index (χ1v) is 6.98. The van der Waals surface area contributed by atoms with E-state index in [1.807, 2.05) is 0 Å². The van der Waals surface area contributed by atoms with E-state index >= 15 is 0 Å². The fourth-order valence-electron chi connectivity index (χ4n) is 2.25. The van der Waals surface area contributed by atoms with E-state index in [0.29, 0.717) is 10.9 Å². The van der Waals surface area contributed by atoms with Crippen molar-refractivity contribution in [2.45, 2.75) is 0 Å². The highest BCUT2D eigenvalue weighted by Crippen LogP contribution is 2.30. The minimum Gasteiger partial charge on any atom is -0.692 e. The zero-order chi connectivity index (χ0) is 19.2. The lowest BCUT2D eigenvalue weighted by Crippen LogP contribution is -2.37. The second-order valence-electron chi connectivity index (χ2n) is 4.90. The molecule has 14 heteroatoms. The van der Waals surface area contributed by atoms with Crippen LogP contribution in [0.1, 0.15) is 0 Å². The average Bonchev–Trinajstić information content (AvgIpc) is 2.91. The molecule has 3 rings (SSSR count). The van der Waals surface area contributed by atoms with Gasteiger partial charge in [-0.15, -0.1) is 4.85 Å². The maximum absolute atomic E-state index is 12.4. The van der Waals surface area contributed by atoms with E-state index in [4.69, 9.17) is 11.6 Å². The molecule has 0 amide bonds. The Morgan fingerprint density at radius 3 is 2.19 bits per heavy atom. The van der Waals surface area contributed by atoms with Crippen LogP contribution in [0, 0.1) is 35.6 Å². The summed E-state index contributed by atoms with van der Waals surface area (Å²) in [6.07, 6.45) is 0. The molecule has 0 aliphatic carbocycles. The monoisotopic (exact) mass is 380 g/mol. The molecular formula is C12H5ClN6O7. The molecule has 0 fully saturated rings. The maximum atomic E-state index is 12.4. The van der Waals surface area contributed by atoms with Crippen molar-refractivity contribution in [2.75, 3.05) is 0 Å². The van der Waals surface area contributed by atoms with Gasteiger partial charge in [-0.2, -0.15) is 0 Å². The van der Waals surface area contributed by atoms with Gasteiger partial charge in [0.05, 0.1) is 32.0 Å². The minimum atomic E-state index is -0.920. The van der Waals surface area contributed by atoms with Gasteiger partial charge in [0.15, 0.2) is 0 Å². The first-order chi connectivity index (χ1) is 12.2. The number of nitro benzene ring substituents is 3. The lowest BCUT2D eigenvalue weighted by molar-refractivity contribution is -0.664. The molecule has 13 nitrogen and oxygen atoms in total. The van der Waals surface area contributed by atoms with Crippen LogP contribution in [0.5, 0.6) is 0 Å². The number of aromatic nitrogens is 3. The highest BCUT2D eigenvalue weighted by Gasteiger charge is 2.31. The van der Waals surface area contributed by atoms with Crippen LogP contribution in [0.15, 0.2) is 30.3 Å². The Balaban J connectivity index is 2.32. The number of nitrogens with zero attached hydrogens (tertiary/aromatic N) is 6. The van der Waals surface area contributed by atoms with Crippen molar-refractivity contribution in [3.05, 3.63) is 70.9 Å². The zero-order valence-electron chi connectivity index (χ0n) is 12.3. The highest BCUT2D eigenvalue weighted by atomic mass is 35.5. The van der Waals surface area contributed by atoms with Crippen molar-refractivity contribution in [1.29, 1.82) is 0 Å². The number of non-ortho nitro benzene ring substituents is 2. The third kappa shape index (κ3) is 2.61. The van der Waals surface area contributed by atoms with E-state index in [1.165, 1.54) is 6.07 Å². The molecule has 0 atom stereocenters. The Kier molecular flexibility index (Phi) is 3.84. The van der Waals surface area contributed by atoms with Gasteiger partial charge < -0.3 is 5.21 Å². The molecular weight excluding hydrogens is 376 g/mol. The summed E-state index contributed by atoms with van der Waals surface area (Å²) in [5.74, 6) is 0. The molecule has 0 saturated heterocycles. The van der Waals surface area contributed by atoms with Gasteiger partial charge in [0.25, 0.3) is 11.4 Å². The van der Waals surface area contributed by atoms with Gasteiger partial charge in [-0.05, 0) is 16.9 Å². The van der Waals surface area contributed by atoms with Crippen LogP contribution < -0.4 is 4.85 Å². The molecule has 0 saturated carbocycles. The molecule has 3 aromatic rings. The molecule has 132 valence electrons. The summed E-state index contributed by atoms with van der Waals surface area (Å²) >= 11 is 5.70. The predicted octanol–water partition coefficient (Wildman–Crippen LogP) is 2.04. The number of hydrogen-bond donors (Lipinski definition) is 0. The fourth-order valence-corrected chi connectivity index (χ4v) is 2.43. The van der Waals surface area contributed by atoms with E-state index in [-0.39, 0.29) is 15.6 Å². The summed E-state index contributed by atoms with van der Waals surface area (Å²) in [6.45, 7) is 0. The topological polar surface area (TPSA) is 174 Å². The summed E-state index contributed by atoms with van der Waals surface area (Å²) in [7, 11) is 0. The molecule has 1 heterocycles. The van der Waals surface area contributed by atoms with E-state index in [2.05, 4.69) is 5.10 Å². The summed E-state index contributed by atoms with van der Waals surface area (Å²) < 4.78 is 0. The molecule has 0 spiro atoms. The molecule has 0 aliphatic heterocycles. The molecule has 0 unspecified atom stereocenters. The third-order valence-corrected chi connectivity index (χ3v) is 3.71. The Hall–Kier alpha value is -3.87. The lowest BCUT2D eigenvalue weighted by Gasteiger charge is -2.04. The fraction of sp³-hybridized carbons (Fsp3) is 0. The van der Waals surface area contributed by atoms with Gasteiger partial charge in [-0.25, -0.2) is 0 Å². The molecule has 2 aromatic carbocycles. The lowest BCUT2D eigenvalue weighted by atomic mass is 10.2. The second kappa shape index (κ2) is 5.89. The van der Waals surface area contributed by atoms with Gasteiger partial charge in [-0.3, -0.25) is 30.3 Å². The van der Waals surface area contributed by atoms with E-state index in [1.54, 1.807) is 0 Å². The largest absolute Gasteiger partial charge is 0.692 e. The number of halogens is 1. The van der Waals surface area contributed by atoms with Gasteiger partial charge >= 0.3 is 11.2 Å². The standard InChI is InChI=1S/C12H5ClN6O7/c13-8-2-1-6(3-9(8)18(23)24)15-14-12-10(16(15)20)4-7(17(21)22)5-11(12)19(25)26/h1-5H. The summed E-state index contributed by atoms with van der Waals surface area (Å²) in [4.78, 5) is 31.1. The Bertz CT molecular complexity index is 1110. The zero-order valence-corrected chi connectivity index (χ0v) is 13.1. The van der Waals surface area contributed by atoms with Crippen molar-refractivity contribution < 1.29 is 19.6 Å². The maximum Gasteiger partial charge on any atom is 0.334 e. The van der Waals surface area contributed by atoms with Crippen molar-refractivity contribution in [1.82, 2.24) is 9.90 Å². The van der Waals surface area contributed by atoms with Gasteiger partial charge in [0.1, 0.15) is 10.7 Å². The van der Waals surface area contributed by atoms with Gasteiger partial charge in [0.2, 0.25) is 5.52 Å². The van der Waals surface area contributed by atoms with Crippen LogP contribution in [-0.4, -0.2) is 24.7 Å². The molecule has 26 heavy (non-hydrogen) atoms. The van der Waals surface area contributed by atoms with Crippen LogP contribution in [0.2, 0.25) is 5.02 Å². The summed E-state index contributed by atoms with van der Waals surface area (Å²) in [5.41, 5.74) is -2.89. The van der Waals surface area contributed by atoms with E-state index in [9.17, 15) is 35.6 Å². The summed E-state index contributed by atoms with van der Waals surface area (Å²) in [5, 5.41) is 49.0. The Morgan fingerprint density at radius 2 is 1.62 bits per heavy atom. The predicted molar refractivity (Wildman–Crippen MR) is 85.0 cm³/mol. The van der Waals surface area contributed by atoms with Crippen molar-refractivity contribution >= 4 is 39.7 Å². The van der Waals surface area contributed by atoms with Crippen LogP contribution >= 0.6 is 11.6 Å². The first-order valence-electron chi connectivity index (χ1n) is 6.60. The van der Waals surface area contributed by atoms with Crippen LogP contribution in [0.25, 0.3) is 16.7 Å². The van der Waals surface area contributed by atoms with Crippen LogP contribution in [0.3, 0.4) is 0 Å². The molecule has 1 aromatic heterocycles. The highest BCUT2D eigenvalue weighted by molar-refractivity contribution is 6.32. The Morgan fingerprint density at radius 1 is 0.962 bits per heavy atom. The quantitative estimate of drug-likeness (QED) is 0.286. The van der Waals surface area contributed by atoms with Crippen molar-refractivity contribution in [3.63, 3.8) is 0 Å². The van der Waals surface area contributed by atoms with Crippen molar-refractivity contribution in [3.8, 4) is 5.69 Å². The van der Waals surface area contributed by atoms with Crippen LogP contribution in [-0.2, 0) is 0 Å². The Labute approximate surface area is 146 Å². The average molecular weight is 381 g/mol. The van der Waals surface area contributed by atoms with E-state index < -0.39 is 42.9 Å². The summed E-state index contributed by atoms with van der Waals surface area (Å²) in [6, 6.07) is 4.82. The second-order valence-corrected chi connectivity index (χ2v) is 5.31. The molecule has 0 aliphatic rings. The first kappa shape index (κ1) is 17.0. The number of fused-ring (bicyclic) bond motifs is 1.